The molecule has 116 valence electrons. The maximum absolute atomic E-state index is 11.9. The molecule has 0 unspecified atom stereocenters. The van der Waals surface area contributed by atoms with Gasteiger partial charge in [0.25, 0.3) is 5.91 Å². The number of rotatable bonds is 7. The zero-order valence-electron chi connectivity index (χ0n) is 12.8. The Balaban J connectivity index is 2.61. The Bertz CT molecular complexity index is 499. The molecular formula is C15H21NO5. The fourth-order valence-electron chi connectivity index (χ4n) is 1.54. The zero-order valence-corrected chi connectivity index (χ0v) is 12.8. The largest absolute Gasteiger partial charge is 0.497 e. The third-order valence-corrected chi connectivity index (χ3v) is 2.67. The fourth-order valence-corrected chi connectivity index (χ4v) is 1.54. The van der Waals surface area contributed by atoms with E-state index in [2.05, 4.69) is 5.32 Å². The number of carbonyl (C=O) groups excluding carboxylic acids is 2. The average Bonchev–Trinajstić information content (AvgIpc) is 2.49. The Morgan fingerprint density at radius 1 is 1.19 bits per heavy atom. The van der Waals surface area contributed by atoms with Gasteiger partial charge in [0, 0.05) is 12.6 Å². The molecule has 1 amide bonds. The summed E-state index contributed by atoms with van der Waals surface area (Å²) in [5.41, 5.74) is 0.245. The zero-order chi connectivity index (χ0) is 15.8. The van der Waals surface area contributed by atoms with Crippen molar-refractivity contribution >= 4 is 11.9 Å². The summed E-state index contributed by atoms with van der Waals surface area (Å²) >= 11 is 0. The lowest BCUT2D eigenvalue weighted by molar-refractivity contribution is -0.124. The smallest absolute Gasteiger partial charge is 0.342 e. The highest BCUT2D eigenvalue weighted by Crippen LogP contribution is 2.25. The molecule has 0 saturated heterocycles. The van der Waals surface area contributed by atoms with Crippen LogP contribution in [0.15, 0.2) is 18.2 Å². The topological polar surface area (TPSA) is 73.9 Å². The first kappa shape index (κ1) is 16.8. The van der Waals surface area contributed by atoms with Gasteiger partial charge in [0.2, 0.25) is 0 Å². The van der Waals surface area contributed by atoms with Gasteiger partial charge in [0.05, 0.1) is 14.2 Å². The predicted molar refractivity (Wildman–Crippen MR) is 77.7 cm³/mol. The number of amides is 1. The second-order valence-electron chi connectivity index (χ2n) is 4.84. The van der Waals surface area contributed by atoms with E-state index in [1.54, 1.807) is 12.1 Å². The molecule has 0 aliphatic carbocycles. The van der Waals surface area contributed by atoms with E-state index < -0.39 is 5.97 Å². The predicted octanol–water partition coefficient (Wildman–Crippen LogP) is 1.63. The van der Waals surface area contributed by atoms with Gasteiger partial charge < -0.3 is 19.5 Å². The van der Waals surface area contributed by atoms with Gasteiger partial charge in [-0.15, -0.1) is 0 Å². The lowest BCUT2D eigenvalue weighted by atomic mass is 10.2. The van der Waals surface area contributed by atoms with E-state index in [-0.39, 0.29) is 18.1 Å². The van der Waals surface area contributed by atoms with Crippen molar-refractivity contribution in [3.8, 4) is 11.5 Å². The highest BCUT2D eigenvalue weighted by molar-refractivity contribution is 5.94. The number of hydrogen-bond acceptors (Lipinski definition) is 5. The molecule has 0 fully saturated rings. The minimum absolute atomic E-state index is 0.245. The van der Waals surface area contributed by atoms with Gasteiger partial charge >= 0.3 is 5.97 Å². The van der Waals surface area contributed by atoms with Crippen LogP contribution < -0.4 is 14.8 Å². The van der Waals surface area contributed by atoms with E-state index in [4.69, 9.17) is 14.2 Å². The first-order valence-corrected chi connectivity index (χ1v) is 6.63. The van der Waals surface area contributed by atoms with Crippen LogP contribution in [0.1, 0.15) is 24.2 Å². The molecule has 0 aliphatic heterocycles. The molecule has 6 heteroatoms. The maximum Gasteiger partial charge on any atom is 0.342 e. The summed E-state index contributed by atoms with van der Waals surface area (Å²) in [6.07, 6.45) is 0. The monoisotopic (exact) mass is 295 g/mol. The van der Waals surface area contributed by atoms with Crippen LogP contribution in [0, 0.1) is 5.92 Å². The Morgan fingerprint density at radius 3 is 2.48 bits per heavy atom. The lowest BCUT2D eigenvalue weighted by Gasteiger charge is -2.11. The van der Waals surface area contributed by atoms with Gasteiger partial charge in [0.15, 0.2) is 6.61 Å². The van der Waals surface area contributed by atoms with Crippen molar-refractivity contribution in [1.82, 2.24) is 5.32 Å². The van der Waals surface area contributed by atoms with Gasteiger partial charge in [-0.1, -0.05) is 13.8 Å². The Labute approximate surface area is 124 Å². The third-order valence-electron chi connectivity index (χ3n) is 2.67. The summed E-state index contributed by atoms with van der Waals surface area (Å²) in [6.45, 7) is 4.19. The normalized spacial score (nSPS) is 10.1. The number of benzene rings is 1. The quantitative estimate of drug-likeness (QED) is 0.774. The highest BCUT2D eigenvalue weighted by Gasteiger charge is 2.16. The molecule has 0 saturated carbocycles. The van der Waals surface area contributed by atoms with Crippen molar-refractivity contribution in [2.24, 2.45) is 5.92 Å². The number of hydrogen-bond donors (Lipinski definition) is 1. The second-order valence-corrected chi connectivity index (χ2v) is 4.84. The van der Waals surface area contributed by atoms with Crippen LogP contribution in [0.4, 0.5) is 0 Å². The number of ether oxygens (including phenoxy) is 3. The summed E-state index contributed by atoms with van der Waals surface area (Å²) in [6, 6.07) is 4.74. The molecule has 6 nitrogen and oxygen atoms in total. The van der Waals surface area contributed by atoms with E-state index in [1.807, 2.05) is 13.8 Å². The number of carbonyl (C=O) groups is 2. The first-order valence-electron chi connectivity index (χ1n) is 6.63. The number of esters is 1. The molecule has 0 atom stereocenters. The molecule has 0 spiro atoms. The molecule has 0 aromatic heterocycles. The Morgan fingerprint density at radius 2 is 1.90 bits per heavy atom. The molecule has 21 heavy (non-hydrogen) atoms. The van der Waals surface area contributed by atoms with E-state index >= 15 is 0 Å². The lowest BCUT2D eigenvalue weighted by Crippen LogP contribution is -2.31. The van der Waals surface area contributed by atoms with Crippen LogP contribution in [0.2, 0.25) is 0 Å². The van der Waals surface area contributed by atoms with Crippen molar-refractivity contribution in [3.05, 3.63) is 23.8 Å². The van der Waals surface area contributed by atoms with Crippen molar-refractivity contribution in [3.63, 3.8) is 0 Å². The van der Waals surface area contributed by atoms with E-state index in [1.165, 1.54) is 20.3 Å². The molecule has 1 aromatic rings. The van der Waals surface area contributed by atoms with Crippen LogP contribution in [0.25, 0.3) is 0 Å². The summed E-state index contributed by atoms with van der Waals surface area (Å²) in [5, 5.41) is 2.67. The maximum atomic E-state index is 11.9. The Kier molecular flexibility index (Phi) is 6.52. The SMILES string of the molecule is COc1ccc(C(=O)OCC(=O)NCC(C)C)c(OC)c1. The molecule has 0 bridgehead atoms. The van der Waals surface area contributed by atoms with Gasteiger partial charge in [0.1, 0.15) is 17.1 Å². The molecule has 1 N–H and O–H groups in total. The van der Waals surface area contributed by atoms with Gasteiger partial charge in [-0.05, 0) is 18.1 Å². The Hall–Kier alpha value is -2.24. The van der Waals surface area contributed by atoms with Crippen LogP contribution in [-0.2, 0) is 9.53 Å². The fraction of sp³-hybridized carbons (Fsp3) is 0.467. The van der Waals surface area contributed by atoms with Gasteiger partial charge in [-0.3, -0.25) is 4.79 Å². The van der Waals surface area contributed by atoms with E-state index in [9.17, 15) is 9.59 Å². The number of methoxy groups -OCH3 is 2. The molecule has 0 heterocycles. The van der Waals surface area contributed by atoms with Gasteiger partial charge in [-0.2, -0.15) is 0 Å². The molecule has 1 rings (SSSR count). The molecule has 0 radical (unpaired) electrons. The van der Waals surface area contributed by atoms with Crippen molar-refractivity contribution < 1.29 is 23.8 Å². The van der Waals surface area contributed by atoms with Crippen molar-refractivity contribution in [2.75, 3.05) is 27.4 Å². The molecular weight excluding hydrogens is 274 g/mol. The van der Waals surface area contributed by atoms with Gasteiger partial charge in [-0.25, -0.2) is 4.79 Å². The van der Waals surface area contributed by atoms with Crippen LogP contribution in [0.3, 0.4) is 0 Å². The summed E-state index contributed by atoms with van der Waals surface area (Å²) in [4.78, 5) is 23.4. The van der Waals surface area contributed by atoms with Crippen LogP contribution in [0.5, 0.6) is 11.5 Å². The minimum atomic E-state index is -0.616. The third kappa shape index (κ3) is 5.33. The molecule has 1 aromatic carbocycles. The standard InChI is InChI=1S/C15H21NO5/c1-10(2)8-16-14(17)9-21-15(18)12-6-5-11(19-3)7-13(12)20-4/h5-7,10H,8-9H2,1-4H3,(H,16,17). The van der Waals surface area contributed by atoms with Crippen LogP contribution >= 0.6 is 0 Å². The summed E-state index contributed by atoms with van der Waals surface area (Å²) < 4.78 is 15.1. The molecule has 0 aliphatic rings. The highest BCUT2D eigenvalue weighted by atomic mass is 16.5. The van der Waals surface area contributed by atoms with Crippen molar-refractivity contribution in [2.45, 2.75) is 13.8 Å². The first-order chi connectivity index (χ1) is 9.97. The van der Waals surface area contributed by atoms with Crippen LogP contribution in [-0.4, -0.2) is 39.2 Å². The minimum Gasteiger partial charge on any atom is -0.497 e. The average molecular weight is 295 g/mol. The summed E-state index contributed by atoms with van der Waals surface area (Å²) in [5.74, 6) is 0.296. The second kappa shape index (κ2) is 8.14. The number of nitrogens with one attached hydrogen (secondary N) is 1. The van der Waals surface area contributed by atoms with E-state index in [0.717, 1.165) is 0 Å². The summed E-state index contributed by atoms with van der Waals surface area (Å²) in [7, 11) is 2.97. The van der Waals surface area contributed by atoms with E-state index in [0.29, 0.717) is 24.0 Å². The van der Waals surface area contributed by atoms with Crippen molar-refractivity contribution in [1.29, 1.82) is 0 Å².